The molecule has 0 bridgehead atoms. The first-order valence-electron chi connectivity index (χ1n) is 5.74. The van der Waals surface area contributed by atoms with Gasteiger partial charge in [0.1, 0.15) is 11.6 Å². The zero-order valence-electron chi connectivity index (χ0n) is 10.4. The van der Waals surface area contributed by atoms with Gasteiger partial charge >= 0.3 is 0 Å². The minimum absolute atomic E-state index is 0.196. The van der Waals surface area contributed by atoms with Crippen molar-refractivity contribution in [2.45, 2.75) is 6.42 Å². The summed E-state index contributed by atoms with van der Waals surface area (Å²) in [4.78, 5) is 0. The Labute approximate surface area is 104 Å². The molecule has 96 valence electrons. The van der Waals surface area contributed by atoms with Crippen molar-refractivity contribution in [3.8, 4) is 11.3 Å². The van der Waals surface area contributed by atoms with Gasteiger partial charge < -0.3 is 5.32 Å². The predicted octanol–water partition coefficient (Wildman–Crippen LogP) is 2.13. The summed E-state index contributed by atoms with van der Waals surface area (Å²) in [5.74, 6) is -0.927. The van der Waals surface area contributed by atoms with E-state index in [1.54, 1.807) is 17.8 Å². The van der Waals surface area contributed by atoms with Gasteiger partial charge in [-0.25, -0.2) is 8.78 Å². The van der Waals surface area contributed by atoms with E-state index in [2.05, 4.69) is 10.4 Å². The highest BCUT2D eigenvalue weighted by atomic mass is 19.1. The zero-order chi connectivity index (χ0) is 13.1. The Morgan fingerprint density at radius 2 is 2.06 bits per heavy atom. The molecule has 1 N–H and O–H groups in total. The van der Waals surface area contributed by atoms with Crippen LogP contribution < -0.4 is 5.32 Å². The van der Waals surface area contributed by atoms with E-state index in [9.17, 15) is 8.78 Å². The smallest absolute Gasteiger partial charge is 0.132 e. The Morgan fingerprint density at radius 1 is 1.28 bits per heavy atom. The molecule has 0 fully saturated rings. The number of benzene rings is 1. The number of hydrogen-bond donors (Lipinski definition) is 1. The third-order valence-corrected chi connectivity index (χ3v) is 2.81. The zero-order valence-corrected chi connectivity index (χ0v) is 10.4. The van der Waals surface area contributed by atoms with Gasteiger partial charge in [-0.15, -0.1) is 0 Å². The van der Waals surface area contributed by atoms with Crippen LogP contribution in [0.5, 0.6) is 0 Å². The van der Waals surface area contributed by atoms with Crippen molar-refractivity contribution < 1.29 is 8.78 Å². The van der Waals surface area contributed by atoms with E-state index >= 15 is 0 Å². The molecular formula is C13H15F2N3. The van der Waals surface area contributed by atoms with E-state index in [1.165, 1.54) is 6.07 Å². The van der Waals surface area contributed by atoms with Crippen LogP contribution in [0.3, 0.4) is 0 Å². The van der Waals surface area contributed by atoms with Gasteiger partial charge in [0.2, 0.25) is 0 Å². The van der Waals surface area contributed by atoms with Crippen molar-refractivity contribution >= 4 is 0 Å². The monoisotopic (exact) mass is 251 g/mol. The summed E-state index contributed by atoms with van der Waals surface area (Å²) in [5.41, 5.74) is 1.63. The van der Waals surface area contributed by atoms with Crippen molar-refractivity contribution in [2.24, 2.45) is 7.05 Å². The predicted molar refractivity (Wildman–Crippen MR) is 66.2 cm³/mol. The molecule has 0 atom stereocenters. The summed E-state index contributed by atoms with van der Waals surface area (Å²) in [6.07, 6.45) is 0.789. The lowest BCUT2D eigenvalue weighted by Gasteiger charge is -1.99. The number of halogens is 2. The van der Waals surface area contributed by atoms with E-state index in [0.717, 1.165) is 30.8 Å². The van der Waals surface area contributed by atoms with Crippen LogP contribution >= 0.6 is 0 Å². The first kappa shape index (κ1) is 12.7. The second-order valence-electron chi connectivity index (χ2n) is 4.12. The topological polar surface area (TPSA) is 29.9 Å². The van der Waals surface area contributed by atoms with Crippen LogP contribution in [0.25, 0.3) is 11.3 Å². The van der Waals surface area contributed by atoms with Crippen LogP contribution in [0.4, 0.5) is 8.78 Å². The highest BCUT2D eigenvalue weighted by Gasteiger charge is 2.12. The molecule has 0 aliphatic rings. The van der Waals surface area contributed by atoms with Crippen LogP contribution in [0.1, 0.15) is 5.69 Å². The summed E-state index contributed by atoms with van der Waals surface area (Å²) in [5, 5.41) is 7.26. The molecule has 2 aromatic rings. The quantitative estimate of drug-likeness (QED) is 0.902. The first-order chi connectivity index (χ1) is 8.61. The summed E-state index contributed by atoms with van der Waals surface area (Å²) in [7, 11) is 3.66. The van der Waals surface area contributed by atoms with Crippen LogP contribution in [0.15, 0.2) is 24.3 Å². The lowest BCUT2D eigenvalue weighted by atomic mass is 10.1. The standard InChI is InChI=1S/C13H15F2N3/c1-16-6-5-10-8-13(17-18(10)2)11-7-9(14)3-4-12(11)15/h3-4,7-8,16H,5-6H2,1-2H3. The number of likely N-dealkylation sites (N-methyl/N-ethyl adjacent to an activating group) is 1. The Hall–Kier alpha value is -1.75. The molecule has 0 aliphatic heterocycles. The second kappa shape index (κ2) is 5.27. The Balaban J connectivity index is 2.36. The lowest BCUT2D eigenvalue weighted by molar-refractivity contribution is 0.602. The third-order valence-electron chi connectivity index (χ3n) is 2.81. The number of hydrogen-bond acceptors (Lipinski definition) is 2. The largest absolute Gasteiger partial charge is 0.319 e. The van der Waals surface area contributed by atoms with Gasteiger partial charge in [-0.2, -0.15) is 5.10 Å². The number of aryl methyl sites for hydroxylation is 1. The lowest BCUT2D eigenvalue weighted by Crippen LogP contribution is -2.12. The minimum Gasteiger partial charge on any atom is -0.319 e. The highest BCUT2D eigenvalue weighted by molar-refractivity contribution is 5.60. The van der Waals surface area contributed by atoms with Crippen molar-refractivity contribution in [2.75, 3.05) is 13.6 Å². The maximum Gasteiger partial charge on any atom is 0.132 e. The molecule has 0 saturated heterocycles. The third kappa shape index (κ3) is 2.56. The SMILES string of the molecule is CNCCc1cc(-c2cc(F)ccc2F)nn1C. The number of nitrogens with zero attached hydrogens (tertiary/aromatic N) is 2. The first-order valence-corrected chi connectivity index (χ1v) is 5.74. The Morgan fingerprint density at radius 3 is 2.78 bits per heavy atom. The van der Waals surface area contributed by atoms with Gasteiger partial charge in [0.15, 0.2) is 0 Å². The molecule has 0 radical (unpaired) electrons. The van der Waals surface area contributed by atoms with Gasteiger partial charge in [-0.3, -0.25) is 4.68 Å². The molecule has 3 nitrogen and oxygen atoms in total. The highest BCUT2D eigenvalue weighted by Crippen LogP contribution is 2.23. The maximum atomic E-state index is 13.6. The summed E-state index contributed by atoms with van der Waals surface area (Å²) < 4.78 is 28.4. The van der Waals surface area contributed by atoms with E-state index in [4.69, 9.17) is 0 Å². The van der Waals surface area contributed by atoms with Crippen molar-refractivity contribution in [3.63, 3.8) is 0 Å². The molecule has 0 unspecified atom stereocenters. The summed E-state index contributed by atoms with van der Waals surface area (Å²) >= 11 is 0. The Bertz CT molecular complexity index is 549. The fraction of sp³-hybridized carbons (Fsp3) is 0.308. The van der Waals surface area contributed by atoms with Crippen molar-refractivity contribution in [1.29, 1.82) is 0 Å². The van der Waals surface area contributed by atoms with E-state index in [0.29, 0.717) is 5.69 Å². The van der Waals surface area contributed by atoms with E-state index in [1.807, 2.05) is 7.05 Å². The molecule has 0 spiro atoms. The fourth-order valence-corrected chi connectivity index (χ4v) is 1.82. The number of rotatable bonds is 4. The number of nitrogens with one attached hydrogen (secondary N) is 1. The molecule has 18 heavy (non-hydrogen) atoms. The van der Waals surface area contributed by atoms with Gasteiger partial charge in [-0.1, -0.05) is 0 Å². The molecule has 1 aromatic heterocycles. The average molecular weight is 251 g/mol. The molecule has 0 amide bonds. The van der Waals surface area contributed by atoms with Gasteiger partial charge in [-0.05, 0) is 31.3 Å². The Kier molecular flexibility index (Phi) is 3.72. The van der Waals surface area contributed by atoms with Crippen molar-refractivity contribution in [1.82, 2.24) is 15.1 Å². The normalized spacial score (nSPS) is 10.9. The number of aromatic nitrogens is 2. The average Bonchev–Trinajstić information content (AvgIpc) is 2.71. The maximum absolute atomic E-state index is 13.6. The molecule has 2 rings (SSSR count). The molecular weight excluding hydrogens is 236 g/mol. The molecule has 1 aromatic carbocycles. The second-order valence-corrected chi connectivity index (χ2v) is 4.12. The fourth-order valence-electron chi connectivity index (χ4n) is 1.82. The van der Waals surface area contributed by atoms with E-state index < -0.39 is 11.6 Å². The van der Waals surface area contributed by atoms with Gasteiger partial charge in [0.05, 0.1) is 5.69 Å². The van der Waals surface area contributed by atoms with Crippen molar-refractivity contribution in [3.05, 3.63) is 41.6 Å². The van der Waals surface area contributed by atoms with Gasteiger partial charge in [0, 0.05) is 31.3 Å². The molecule has 0 aliphatic carbocycles. The van der Waals surface area contributed by atoms with Crippen LogP contribution in [-0.4, -0.2) is 23.4 Å². The molecule has 1 heterocycles. The summed E-state index contributed by atoms with van der Waals surface area (Å²) in [6, 6.07) is 5.17. The van der Waals surface area contributed by atoms with Crippen LogP contribution in [0, 0.1) is 11.6 Å². The molecule has 5 heteroatoms. The van der Waals surface area contributed by atoms with Gasteiger partial charge in [0.25, 0.3) is 0 Å². The molecule has 0 saturated carbocycles. The van der Waals surface area contributed by atoms with Crippen LogP contribution in [0.2, 0.25) is 0 Å². The van der Waals surface area contributed by atoms with Crippen LogP contribution in [-0.2, 0) is 13.5 Å². The minimum atomic E-state index is -0.464. The summed E-state index contributed by atoms with van der Waals surface area (Å²) in [6.45, 7) is 0.810. The van der Waals surface area contributed by atoms with E-state index in [-0.39, 0.29) is 5.56 Å².